The zero-order valence-corrected chi connectivity index (χ0v) is 11.3. The highest BCUT2D eigenvalue weighted by molar-refractivity contribution is 5.00. The van der Waals surface area contributed by atoms with E-state index in [4.69, 9.17) is 4.74 Å². The van der Waals surface area contributed by atoms with Crippen LogP contribution >= 0.6 is 0 Å². The molecule has 0 amide bonds. The normalized spacial score (nSPS) is 11.3. The highest BCUT2D eigenvalue weighted by Gasteiger charge is 2.08. The van der Waals surface area contributed by atoms with E-state index in [2.05, 4.69) is 35.0 Å². The largest absolute Gasteiger partial charge is 0.383 e. The minimum atomic E-state index is 0.729. The molecule has 0 aliphatic carbocycles. The van der Waals surface area contributed by atoms with Gasteiger partial charge in [0.2, 0.25) is 0 Å². The van der Waals surface area contributed by atoms with Crippen molar-refractivity contribution in [3.8, 4) is 0 Å². The first-order valence-electron chi connectivity index (χ1n) is 6.52. The van der Waals surface area contributed by atoms with E-state index in [1.165, 1.54) is 18.5 Å². The van der Waals surface area contributed by atoms with Crippen molar-refractivity contribution in [1.29, 1.82) is 0 Å². The number of aromatic nitrogens is 2. The van der Waals surface area contributed by atoms with Crippen LogP contribution in [0.1, 0.15) is 32.4 Å². The first-order valence-corrected chi connectivity index (χ1v) is 6.52. The summed E-state index contributed by atoms with van der Waals surface area (Å²) in [6, 6.07) is 2.09. The molecule has 0 fully saturated rings. The van der Waals surface area contributed by atoms with Gasteiger partial charge in [0.15, 0.2) is 0 Å². The molecule has 1 N–H and O–H groups in total. The van der Waals surface area contributed by atoms with Crippen LogP contribution in [0.4, 0.5) is 0 Å². The van der Waals surface area contributed by atoms with E-state index >= 15 is 0 Å². The molecule has 0 radical (unpaired) electrons. The molecule has 0 unspecified atom stereocenters. The minimum absolute atomic E-state index is 0.729. The Morgan fingerprint density at radius 2 is 2.18 bits per heavy atom. The van der Waals surface area contributed by atoms with E-state index in [9.17, 15) is 0 Å². The second-order valence-corrected chi connectivity index (χ2v) is 4.36. The van der Waals surface area contributed by atoms with E-state index in [1.807, 2.05) is 6.20 Å². The summed E-state index contributed by atoms with van der Waals surface area (Å²) in [6.07, 6.45) is 4.32. The number of nitrogens with zero attached hydrogens (tertiary/aromatic N) is 2. The fraction of sp³-hybridized carbons (Fsp3) is 0.769. The Kier molecular flexibility index (Phi) is 6.89. The third kappa shape index (κ3) is 4.88. The van der Waals surface area contributed by atoms with Crippen LogP contribution in [-0.2, 0) is 17.8 Å². The fourth-order valence-corrected chi connectivity index (χ4v) is 1.86. The molecule has 0 aromatic carbocycles. The first-order chi connectivity index (χ1) is 8.31. The molecular formula is C13H25N3O. The van der Waals surface area contributed by atoms with Crippen molar-refractivity contribution in [2.75, 3.05) is 20.3 Å². The van der Waals surface area contributed by atoms with Crippen LogP contribution in [0, 0.1) is 5.92 Å². The van der Waals surface area contributed by atoms with Crippen LogP contribution in [-0.4, -0.2) is 30.0 Å². The average molecular weight is 239 g/mol. The van der Waals surface area contributed by atoms with Crippen LogP contribution in [0.25, 0.3) is 0 Å². The molecule has 0 aliphatic rings. The van der Waals surface area contributed by atoms with Crippen molar-refractivity contribution in [3.05, 3.63) is 18.0 Å². The second kappa shape index (κ2) is 8.25. The van der Waals surface area contributed by atoms with Crippen LogP contribution in [0.15, 0.2) is 12.3 Å². The topological polar surface area (TPSA) is 39.1 Å². The summed E-state index contributed by atoms with van der Waals surface area (Å²) in [7, 11) is 1.72. The number of hydrogen-bond donors (Lipinski definition) is 1. The summed E-state index contributed by atoms with van der Waals surface area (Å²) in [4.78, 5) is 0. The zero-order valence-electron chi connectivity index (χ0n) is 11.3. The molecule has 0 atom stereocenters. The van der Waals surface area contributed by atoms with Gasteiger partial charge in [-0.05, 0) is 12.0 Å². The lowest BCUT2D eigenvalue weighted by Crippen LogP contribution is -2.22. The molecule has 0 saturated heterocycles. The fourth-order valence-electron chi connectivity index (χ4n) is 1.86. The molecule has 98 valence electrons. The van der Waals surface area contributed by atoms with Gasteiger partial charge in [0.1, 0.15) is 0 Å². The summed E-state index contributed by atoms with van der Waals surface area (Å²) < 4.78 is 7.13. The Labute approximate surface area is 104 Å². The Morgan fingerprint density at radius 3 is 2.82 bits per heavy atom. The maximum atomic E-state index is 5.01. The molecule has 17 heavy (non-hydrogen) atoms. The van der Waals surface area contributed by atoms with Crippen molar-refractivity contribution in [1.82, 2.24) is 15.1 Å². The van der Waals surface area contributed by atoms with E-state index < -0.39 is 0 Å². The van der Waals surface area contributed by atoms with Crippen molar-refractivity contribution < 1.29 is 4.74 Å². The SMILES string of the molecule is CCC(CC)Cn1nccc1CNCCOC. The van der Waals surface area contributed by atoms with Gasteiger partial charge in [-0.2, -0.15) is 5.10 Å². The van der Waals surface area contributed by atoms with Crippen molar-refractivity contribution in [3.63, 3.8) is 0 Å². The summed E-state index contributed by atoms with van der Waals surface area (Å²) in [5, 5.41) is 7.75. The summed E-state index contributed by atoms with van der Waals surface area (Å²) in [6.45, 7) is 8.01. The first kappa shape index (κ1) is 14.2. The minimum Gasteiger partial charge on any atom is -0.383 e. The van der Waals surface area contributed by atoms with E-state index in [-0.39, 0.29) is 0 Å². The molecular weight excluding hydrogens is 214 g/mol. The summed E-state index contributed by atoms with van der Waals surface area (Å²) in [5.74, 6) is 0.729. The van der Waals surface area contributed by atoms with Gasteiger partial charge in [-0.3, -0.25) is 4.68 Å². The van der Waals surface area contributed by atoms with Gasteiger partial charge in [0.05, 0.1) is 12.3 Å². The molecule has 4 heteroatoms. The summed E-state index contributed by atoms with van der Waals surface area (Å²) >= 11 is 0. The number of rotatable bonds is 9. The third-order valence-corrected chi connectivity index (χ3v) is 3.18. The average Bonchev–Trinajstić information content (AvgIpc) is 2.79. The highest BCUT2D eigenvalue weighted by Crippen LogP contribution is 2.11. The number of ether oxygens (including phenoxy) is 1. The van der Waals surface area contributed by atoms with E-state index in [1.54, 1.807) is 7.11 Å². The molecule has 0 bridgehead atoms. The van der Waals surface area contributed by atoms with Gasteiger partial charge in [-0.25, -0.2) is 0 Å². The van der Waals surface area contributed by atoms with E-state index in [0.29, 0.717) is 0 Å². The molecule has 0 spiro atoms. The Balaban J connectivity index is 2.42. The van der Waals surface area contributed by atoms with Crippen LogP contribution in [0.3, 0.4) is 0 Å². The molecule has 1 heterocycles. The van der Waals surface area contributed by atoms with Crippen molar-refractivity contribution in [2.24, 2.45) is 5.92 Å². The smallest absolute Gasteiger partial charge is 0.0587 e. The molecule has 1 aromatic heterocycles. The Morgan fingerprint density at radius 1 is 1.41 bits per heavy atom. The quantitative estimate of drug-likeness (QED) is 0.670. The van der Waals surface area contributed by atoms with Gasteiger partial charge in [-0.15, -0.1) is 0 Å². The van der Waals surface area contributed by atoms with E-state index in [0.717, 1.165) is 32.2 Å². The Hall–Kier alpha value is -0.870. The van der Waals surface area contributed by atoms with Gasteiger partial charge in [0, 0.05) is 32.9 Å². The molecule has 0 saturated carbocycles. The van der Waals surface area contributed by atoms with Crippen LogP contribution < -0.4 is 5.32 Å². The molecule has 0 aliphatic heterocycles. The standard InChI is InChI=1S/C13H25N3O/c1-4-12(5-2)11-16-13(6-7-15-16)10-14-8-9-17-3/h6-7,12,14H,4-5,8-11H2,1-3H3. The van der Waals surface area contributed by atoms with Gasteiger partial charge in [-0.1, -0.05) is 26.7 Å². The molecule has 4 nitrogen and oxygen atoms in total. The maximum absolute atomic E-state index is 5.01. The third-order valence-electron chi connectivity index (χ3n) is 3.18. The maximum Gasteiger partial charge on any atom is 0.0587 e. The lowest BCUT2D eigenvalue weighted by molar-refractivity contribution is 0.198. The lowest BCUT2D eigenvalue weighted by atomic mass is 10.0. The van der Waals surface area contributed by atoms with Gasteiger partial charge >= 0.3 is 0 Å². The van der Waals surface area contributed by atoms with Crippen LogP contribution in [0.2, 0.25) is 0 Å². The predicted octanol–water partition coefficient (Wildman–Crippen LogP) is 2.06. The number of methoxy groups -OCH3 is 1. The zero-order chi connectivity index (χ0) is 12.5. The van der Waals surface area contributed by atoms with Crippen LogP contribution in [0.5, 0.6) is 0 Å². The summed E-state index contributed by atoms with van der Waals surface area (Å²) in [5.41, 5.74) is 1.26. The number of nitrogens with one attached hydrogen (secondary N) is 1. The molecule has 1 aromatic rings. The Bertz CT molecular complexity index is 295. The van der Waals surface area contributed by atoms with Crippen molar-refractivity contribution >= 4 is 0 Å². The number of hydrogen-bond acceptors (Lipinski definition) is 3. The monoisotopic (exact) mass is 239 g/mol. The van der Waals surface area contributed by atoms with Gasteiger partial charge in [0.25, 0.3) is 0 Å². The predicted molar refractivity (Wildman–Crippen MR) is 69.9 cm³/mol. The second-order valence-electron chi connectivity index (χ2n) is 4.36. The van der Waals surface area contributed by atoms with Gasteiger partial charge < -0.3 is 10.1 Å². The highest BCUT2D eigenvalue weighted by atomic mass is 16.5. The molecule has 1 rings (SSSR count). The lowest BCUT2D eigenvalue weighted by Gasteiger charge is -2.15. The van der Waals surface area contributed by atoms with Crippen molar-refractivity contribution in [2.45, 2.75) is 39.8 Å².